The minimum absolute atomic E-state index is 0.302. The van der Waals surface area contributed by atoms with Gasteiger partial charge in [0.2, 0.25) is 0 Å². The van der Waals surface area contributed by atoms with Crippen molar-refractivity contribution >= 4 is 5.69 Å². The standard InChI is InChI=1S/C13H22N2O/c1-10(2)15(8-11(3)16)9-12-5-4-6-13(14)7-12/h4-7,10-11,16H,8-9,14H2,1-3H3. The Morgan fingerprint density at radius 2 is 2.00 bits per heavy atom. The second kappa shape index (κ2) is 5.87. The number of benzene rings is 1. The lowest BCUT2D eigenvalue weighted by molar-refractivity contribution is 0.103. The molecule has 90 valence electrons. The van der Waals surface area contributed by atoms with Gasteiger partial charge in [0.05, 0.1) is 6.10 Å². The van der Waals surface area contributed by atoms with Gasteiger partial charge in [-0.15, -0.1) is 0 Å². The summed E-state index contributed by atoms with van der Waals surface area (Å²) in [6, 6.07) is 8.31. The van der Waals surface area contributed by atoms with E-state index in [-0.39, 0.29) is 6.10 Å². The summed E-state index contributed by atoms with van der Waals surface area (Å²) in [5.74, 6) is 0. The molecule has 3 heteroatoms. The first-order chi connectivity index (χ1) is 7.49. The van der Waals surface area contributed by atoms with Gasteiger partial charge in [-0.3, -0.25) is 4.90 Å². The summed E-state index contributed by atoms with van der Waals surface area (Å²) in [7, 11) is 0. The third kappa shape index (κ3) is 4.21. The zero-order valence-corrected chi connectivity index (χ0v) is 10.4. The van der Waals surface area contributed by atoms with Crippen LogP contribution in [-0.2, 0) is 6.54 Å². The number of nitrogens with two attached hydrogens (primary N) is 1. The largest absolute Gasteiger partial charge is 0.399 e. The van der Waals surface area contributed by atoms with E-state index in [9.17, 15) is 5.11 Å². The van der Waals surface area contributed by atoms with Crippen molar-refractivity contribution < 1.29 is 5.11 Å². The van der Waals surface area contributed by atoms with Crippen LogP contribution < -0.4 is 5.73 Å². The van der Waals surface area contributed by atoms with Gasteiger partial charge in [-0.1, -0.05) is 12.1 Å². The van der Waals surface area contributed by atoms with E-state index in [0.29, 0.717) is 12.6 Å². The molecule has 0 saturated heterocycles. The lowest BCUT2D eigenvalue weighted by Crippen LogP contribution is -2.36. The van der Waals surface area contributed by atoms with E-state index < -0.39 is 0 Å². The molecule has 16 heavy (non-hydrogen) atoms. The van der Waals surface area contributed by atoms with Crippen LogP contribution in [0.1, 0.15) is 26.3 Å². The van der Waals surface area contributed by atoms with E-state index in [1.807, 2.05) is 25.1 Å². The van der Waals surface area contributed by atoms with E-state index in [4.69, 9.17) is 5.73 Å². The quantitative estimate of drug-likeness (QED) is 0.748. The highest BCUT2D eigenvalue weighted by Crippen LogP contribution is 2.12. The molecule has 0 saturated carbocycles. The van der Waals surface area contributed by atoms with Crippen LogP contribution in [0.3, 0.4) is 0 Å². The van der Waals surface area contributed by atoms with E-state index in [0.717, 1.165) is 12.2 Å². The van der Waals surface area contributed by atoms with Crippen molar-refractivity contribution in [1.82, 2.24) is 4.90 Å². The molecule has 1 aromatic rings. The second-order valence-electron chi connectivity index (χ2n) is 4.62. The normalized spacial score (nSPS) is 13.4. The Hall–Kier alpha value is -1.06. The van der Waals surface area contributed by atoms with Crippen molar-refractivity contribution in [2.75, 3.05) is 12.3 Å². The molecule has 0 amide bonds. The van der Waals surface area contributed by atoms with E-state index in [2.05, 4.69) is 24.8 Å². The van der Waals surface area contributed by atoms with Crippen molar-refractivity contribution in [3.05, 3.63) is 29.8 Å². The maximum absolute atomic E-state index is 9.44. The van der Waals surface area contributed by atoms with Gasteiger partial charge in [0.15, 0.2) is 0 Å². The number of nitrogen functional groups attached to an aromatic ring is 1. The molecule has 0 bridgehead atoms. The fraction of sp³-hybridized carbons (Fsp3) is 0.538. The number of rotatable bonds is 5. The Bertz CT molecular complexity index is 323. The van der Waals surface area contributed by atoms with Gasteiger partial charge in [-0.2, -0.15) is 0 Å². The number of aliphatic hydroxyl groups excluding tert-OH is 1. The summed E-state index contributed by atoms with van der Waals surface area (Å²) < 4.78 is 0. The van der Waals surface area contributed by atoms with Gasteiger partial charge in [0.1, 0.15) is 0 Å². The van der Waals surface area contributed by atoms with Crippen LogP contribution in [0.2, 0.25) is 0 Å². The molecule has 0 aliphatic carbocycles. The first-order valence-electron chi connectivity index (χ1n) is 5.75. The summed E-state index contributed by atoms with van der Waals surface area (Å²) in [6.07, 6.45) is -0.302. The molecule has 0 radical (unpaired) electrons. The summed E-state index contributed by atoms with van der Waals surface area (Å²) in [5.41, 5.74) is 7.72. The topological polar surface area (TPSA) is 49.5 Å². The number of aliphatic hydroxyl groups is 1. The Morgan fingerprint density at radius 1 is 1.31 bits per heavy atom. The maximum atomic E-state index is 9.44. The predicted molar refractivity (Wildman–Crippen MR) is 68.1 cm³/mol. The van der Waals surface area contributed by atoms with Crippen LogP contribution in [0, 0.1) is 0 Å². The molecule has 0 aliphatic rings. The van der Waals surface area contributed by atoms with E-state index in [1.54, 1.807) is 0 Å². The van der Waals surface area contributed by atoms with Crippen LogP contribution in [-0.4, -0.2) is 28.7 Å². The molecule has 1 aromatic carbocycles. The van der Waals surface area contributed by atoms with Crippen molar-refractivity contribution in [3.63, 3.8) is 0 Å². The molecular weight excluding hydrogens is 200 g/mol. The van der Waals surface area contributed by atoms with Gasteiger partial charge in [0, 0.05) is 24.8 Å². The van der Waals surface area contributed by atoms with Gasteiger partial charge in [0.25, 0.3) is 0 Å². The molecule has 1 unspecified atom stereocenters. The van der Waals surface area contributed by atoms with Gasteiger partial charge >= 0.3 is 0 Å². The molecule has 1 rings (SSSR count). The summed E-state index contributed by atoms with van der Waals surface area (Å²) in [6.45, 7) is 7.60. The zero-order chi connectivity index (χ0) is 12.1. The van der Waals surface area contributed by atoms with Crippen LogP contribution >= 0.6 is 0 Å². The lowest BCUT2D eigenvalue weighted by Gasteiger charge is -2.27. The Labute approximate surface area is 97.9 Å². The smallest absolute Gasteiger partial charge is 0.0639 e. The first kappa shape index (κ1) is 13.0. The molecule has 3 nitrogen and oxygen atoms in total. The Balaban J connectivity index is 2.68. The van der Waals surface area contributed by atoms with Crippen molar-refractivity contribution in [3.8, 4) is 0 Å². The van der Waals surface area contributed by atoms with Crippen molar-refractivity contribution in [2.45, 2.75) is 39.5 Å². The van der Waals surface area contributed by atoms with Gasteiger partial charge in [-0.25, -0.2) is 0 Å². The van der Waals surface area contributed by atoms with Crippen molar-refractivity contribution in [1.29, 1.82) is 0 Å². The van der Waals surface area contributed by atoms with Crippen LogP contribution in [0.4, 0.5) is 5.69 Å². The average molecular weight is 222 g/mol. The fourth-order valence-corrected chi connectivity index (χ4v) is 1.72. The number of hydrogen-bond acceptors (Lipinski definition) is 3. The average Bonchev–Trinajstić information content (AvgIpc) is 2.15. The highest BCUT2D eigenvalue weighted by Gasteiger charge is 2.12. The van der Waals surface area contributed by atoms with E-state index in [1.165, 1.54) is 5.56 Å². The third-order valence-electron chi connectivity index (χ3n) is 2.57. The number of anilines is 1. The Kier molecular flexibility index (Phi) is 4.77. The summed E-state index contributed by atoms with van der Waals surface area (Å²) >= 11 is 0. The molecular formula is C13H22N2O. The number of nitrogens with zero attached hydrogens (tertiary/aromatic N) is 1. The van der Waals surface area contributed by atoms with Gasteiger partial charge in [-0.05, 0) is 38.5 Å². The minimum Gasteiger partial charge on any atom is -0.399 e. The second-order valence-corrected chi connectivity index (χ2v) is 4.62. The predicted octanol–water partition coefficient (Wildman–Crippen LogP) is 1.86. The molecule has 0 spiro atoms. The molecule has 0 aliphatic heterocycles. The van der Waals surface area contributed by atoms with Crippen molar-refractivity contribution in [2.24, 2.45) is 0 Å². The minimum atomic E-state index is -0.302. The van der Waals surface area contributed by atoms with E-state index >= 15 is 0 Å². The zero-order valence-electron chi connectivity index (χ0n) is 10.4. The molecule has 1 atom stereocenters. The SMILES string of the molecule is CC(O)CN(Cc1cccc(N)c1)C(C)C. The summed E-state index contributed by atoms with van der Waals surface area (Å²) in [4.78, 5) is 2.24. The first-order valence-corrected chi connectivity index (χ1v) is 5.75. The molecule has 0 aromatic heterocycles. The highest BCUT2D eigenvalue weighted by atomic mass is 16.3. The number of hydrogen-bond donors (Lipinski definition) is 2. The Morgan fingerprint density at radius 3 is 2.50 bits per heavy atom. The monoisotopic (exact) mass is 222 g/mol. The lowest BCUT2D eigenvalue weighted by atomic mass is 10.1. The maximum Gasteiger partial charge on any atom is 0.0639 e. The highest BCUT2D eigenvalue weighted by molar-refractivity contribution is 5.40. The molecule has 3 N–H and O–H groups in total. The molecule has 0 fully saturated rings. The van der Waals surface area contributed by atoms with Crippen LogP contribution in [0.25, 0.3) is 0 Å². The van der Waals surface area contributed by atoms with Crippen LogP contribution in [0.15, 0.2) is 24.3 Å². The third-order valence-corrected chi connectivity index (χ3v) is 2.57. The van der Waals surface area contributed by atoms with Gasteiger partial charge < -0.3 is 10.8 Å². The molecule has 0 heterocycles. The fourth-order valence-electron chi connectivity index (χ4n) is 1.72. The summed E-state index contributed by atoms with van der Waals surface area (Å²) in [5, 5.41) is 9.44. The van der Waals surface area contributed by atoms with Crippen LogP contribution in [0.5, 0.6) is 0 Å².